The molecule has 0 saturated carbocycles. The van der Waals surface area contributed by atoms with Crippen molar-refractivity contribution >= 4 is 5.91 Å². The molecule has 2 heterocycles. The molecule has 2 aromatic heterocycles. The molecule has 144 valence electrons. The van der Waals surface area contributed by atoms with Gasteiger partial charge in [0.15, 0.2) is 5.82 Å². The van der Waals surface area contributed by atoms with Crippen LogP contribution >= 0.6 is 0 Å². The summed E-state index contributed by atoms with van der Waals surface area (Å²) in [7, 11) is 0. The van der Waals surface area contributed by atoms with E-state index >= 15 is 0 Å². The molecule has 4 aromatic rings. The van der Waals surface area contributed by atoms with Crippen molar-refractivity contribution in [1.29, 1.82) is 0 Å². The monoisotopic (exact) mass is 385 g/mol. The smallest absolute Gasteiger partial charge is 0.266 e. The molecule has 7 nitrogen and oxygen atoms in total. The van der Waals surface area contributed by atoms with Gasteiger partial charge in [0, 0.05) is 30.6 Å². The average molecular weight is 385 g/mol. The molecule has 0 aliphatic rings. The molecule has 4 rings (SSSR count). The van der Waals surface area contributed by atoms with Gasteiger partial charge < -0.3 is 5.32 Å². The van der Waals surface area contributed by atoms with Gasteiger partial charge in [-0.1, -0.05) is 42.5 Å². The highest BCUT2D eigenvalue weighted by molar-refractivity contribution is 5.94. The van der Waals surface area contributed by atoms with Crippen LogP contribution in [0.2, 0.25) is 0 Å². The number of amides is 1. The molecule has 0 unspecified atom stereocenters. The normalized spacial score (nSPS) is 10.6. The number of nitrogens with zero attached hydrogens (tertiary/aromatic N) is 4. The van der Waals surface area contributed by atoms with Crippen LogP contribution in [0.3, 0.4) is 0 Å². The number of carbonyl (C=O) groups is 1. The Morgan fingerprint density at radius 2 is 1.66 bits per heavy atom. The molecule has 29 heavy (non-hydrogen) atoms. The summed E-state index contributed by atoms with van der Waals surface area (Å²) in [4.78, 5) is 24.4. The van der Waals surface area contributed by atoms with Crippen LogP contribution in [-0.2, 0) is 6.54 Å². The third-order valence-electron chi connectivity index (χ3n) is 4.46. The Labute approximate surface area is 167 Å². The molecule has 1 N–H and O–H groups in total. The summed E-state index contributed by atoms with van der Waals surface area (Å²) >= 11 is 0. The Balaban J connectivity index is 1.38. The zero-order chi connectivity index (χ0) is 20.1. The highest BCUT2D eigenvalue weighted by Gasteiger charge is 2.07. The lowest BCUT2D eigenvalue weighted by atomic mass is 10.0. The molecule has 0 fully saturated rings. The van der Waals surface area contributed by atoms with Crippen molar-refractivity contribution in [2.24, 2.45) is 0 Å². The Kier molecular flexibility index (Phi) is 5.29. The maximum atomic E-state index is 12.4. The molecule has 7 heteroatoms. The fourth-order valence-corrected chi connectivity index (χ4v) is 2.95. The third-order valence-corrected chi connectivity index (χ3v) is 4.46. The molecule has 0 radical (unpaired) electrons. The zero-order valence-corrected chi connectivity index (χ0v) is 15.6. The Morgan fingerprint density at radius 1 is 0.897 bits per heavy atom. The van der Waals surface area contributed by atoms with Crippen molar-refractivity contribution < 1.29 is 4.79 Å². The first kappa shape index (κ1) is 18.4. The van der Waals surface area contributed by atoms with Gasteiger partial charge in [0.05, 0.1) is 6.54 Å². The maximum absolute atomic E-state index is 12.4. The van der Waals surface area contributed by atoms with Crippen LogP contribution < -0.4 is 10.9 Å². The Hall–Kier alpha value is -4.00. The molecule has 0 aliphatic heterocycles. The largest absolute Gasteiger partial charge is 0.350 e. The van der Waals surface area contributed by atoms with E-state index in [1.165, 1.54) is 10.7 Å². The van der Waals surface area contributed by atoms with Crippen molar-refractivity contribution in [1.82, 2.24) is 24.9 Å². The predicted molar refractivity (Wildman–Crippen MR) is 110 cm³/mol. The van der Waals surface area contributed by atoms with Crippen LogP contribution in [0.5, 0.6) is 0 Å². The van der Waals surface area contributed by atoms with Crippen LogP contribution in [0.25, 0.3) is 16.9 Å². The molecule has 0 aliphatic carbocycles. The number of benzene rings is 2. The molecule has 2 aromatic carbocycles. The van der Waals surface area contributed by atoms with E-state index in [-0.39, 0.29) is 24.6 Å². The van der Waals surface area contributed by atoms with Gasteiger partial charge in [0.25, 0.3) is 11.5 Å². The second-order valence-electron chi connectivity index (χ2n) is 6.40. The molecule has 0 atom stereocenters. The van der Waals surface area contributed by atoms with E-state index in [2.05, 4.69) is 15.5 Å². The standard InChI is InChI=1S/C22H19N5O2/c28-21-12-11-20(26-15-4-13-24-26)25-27(21)16-14-23-22(29)19-9-7-18(8-10-19)17-5-2-1-3-6-17/h1-13,15H,14,16H2,(H,23,29). The van der Waals surface area contributed by atoms with Gasteiger partial charge in [-0.15, -0.1) is 5.10 Å². The summed E-state index contributed by atoms with van der Waals surface area (Å²) in [6, 6.07) is 22.2. The SMILES string of the molecule is O=C(NCCn1nc(-n2cccn2)ccc1=O)c1ccc(-c2ccccc2)cc1. The minimum Gasteiger partial charge on any atom is -0.350 e. The van der Waals surface area contributed by atoms with Gasteiger partial charge in [0.2, 0.25) is 0 Å². The number of hydrogen-bond acceptors (Lipinski definition) is 4. The fraction of sp³-hybridized carbons (Fsp3) is 0.0909. The van der Waals surface area contributed by atoms with Crippen LogP contribution in [0.15, 0.2) is 90.0 Å². The summed E-state index contributed by atoms with van der Waals surface area (Å²) < 4.78 is 2.89. The van der Waals surface area contributed by atoms with Gasteiger partial charge >= 0.3 is 0 Å². The van der Waals surface area contributed by atoms with E-state index in [0.717, 1.165) is 11.1 Å². The lowest BCUT2D eigenvalue weighted by Gasteiger charge is -2.09. The molecular weight excluding hydrogens is 366 g/mol. The highest BCUT2D eigenvalue weighted by Crippen LogP contribution is 2.19. The second kappa shape index (κ2) is 8.35. The van der Waals surface area contributed by atoms with Crippen molar-refractivity contribution in [2.45, 2.75) is 6.54 Å². The van der Waals surface area contributed by atoms with Gasteiger partial charge in [0.1, 0.15) is 0 Å². The molecule has 0 spiro atoms. The van der Waals surface area contributed by atoms with E-state index in [9.17, 15) is 9.59 Å². The Bertz CT molecular complexity index is 1150. The van der Waals surface area contributed by atoms with Crippen molar-refractivity contribution in [3.05, 3.63) is 101 Å². The summed E-state index contributed by atoms with van der Waals surface area (Å²) in [6.45, 7) is 0.552. The third kappa shape index (κ3) is 4.30. The second-order valence-corrected chi connectivity index (χ2v) is 6.40. The average Bonchev–Trinajstić information content (AvgIpc) is 3.31. The molecule has 0 saturated heterocycles. The number of aromatic nitrogens is 4. The van der Waals surface area contributed by atoms with Gasteiger partial charge in [-0.2, -0.15) is 5.10 Å². The lowest BCUT2D eigenvalue weighted by Crippen LogP contribution is -2.32. The lowest BCUT2D eigenvalue weighted by molar-refractivity contribution is 0.0951. The quantitative estimate of drug-likeness (QED) is 0.553. The van der Waals surface area contributed by atoms with Crippen molar-refractivity contribution in [2.75, 3.05) is 6.54 Å². The predicted octanol–water partition coefficient (Wildman–Crippen LogP) is 2.53. The van der Waals surface area contributed by atoms with E-state index < -0.39 is 0 Å². The van der Waals surface area contributed by atoms with Crippen LogP contribution in [0, 0.1) is 0 Å². The summed E-state index contributed by atoms with van der Waals surface area (Å²) in [5.74, 6) is 0.346. The van der Waals surface area contributed by atoms with Crippen LogP contribution in [0.1, 0.15) is 10.4 Å². The molecule has 0 bridgehead atoms. The maximum Gasteiger partial charge on any atom is 0.266 e. The Morgan fingerprint density at radius 3 is 2.38 bits per heavy atom. The van der Waals surface area contributed by atoms with Gasteiger partial charge in [-0.05, 0) is 35.4 Å². The highest BCUT2D eigenvalue weighted by atomic mass is 16.2. The zero-order valence-electron chi connectivity index (χ0n) is 15.6. The topological polar surface area (TPSA) is 81.8 Å². The van der Waals surface area contributed by atoms with Crippen molar-refractivity contribution in [3.8, 4) is 16.9 Å². The minimum absolute atomic E-state index is 0.194. The number of hydrogen-bond donors (Lipinski definition) is 1. The summed E-state index contributed by atoms with van der Waals surface area (Å²) in [6.07, 6.45) is 3.39. The summed E-state index contributed by atoms with van der Waals surface area (Å²) in [5, 5.41) is 11.2. The first-order valence-corrected chi connectivity index (χ1v) is 9.22. The van der Waals surface area contributed by atoms with Crippen molar-refractivity contribution in [3.63, 3.8) is 0 Å². The minimum atomic E-state index is -0.234. The van der Waals surface area contributed by atoms with E-state index in [1.54, 1.807) is 41.3 Å². The van der Waals surface area contributed by atoms with E-state index in [0.29, 0.717) is 11.4 Å². The molecule has 1 amide bonds. The van der Waals surface area contributed by atoms with E-state index in [1.807, 2.05) is 42.5 Å². The number of rotatable bonds is 6. The van der Waals surface area contributed by atoms with Crippen LogP contribution in [0.4, 0.5) is 0 Å². The van der Waals surface area contributed by atoms with Gasteiger partial charge in [-0.3, -0.25) is 9.59 Å². The number of carbonyl (C=O) groups excluding carboxylic acids is 1. The van der Waals surface area contributed by atoms with Crippen LogP contribution in [-0.4, -0.2) is 32.0 Å². The van der Waals surface area contributed by atoms with Gasteiger partial charge in [-0.25, -0.2) is 9.36 Å². The first-order valence-electron chi connectivity index (χ1n) is 9.22. The summed E-state index contributed by atoms with van der Waals surface area (Å²) in [5.41, 5.74) is 2.48. The van der Waals surface area contributed by atoms with E-state index in [4.69, 9.17) is 0 Å². The fourth-order valence-electron chi connectivity index (χ4n) is 2.95. The first-order chi connectivity index (χ1) is 14.2. The number of nitrogens with one attached hydrogen (secondary N) is 1. The molecular formula is C22H19N5O2.